The molecule has 122 valence electrons. The van der Waals surface area contributed by atoms with Crippen LogP contribution in [0.5, 0.6) is 0 Å². The number of aromatic nitrogens is 1. The minimum atomic E-state index is -4.78. The fourth-order valence-corrected chi connectivity index (χ4v) is 1.85. The van der Waals surface area contributed by atoms with E-state index in [1.807, 2.05) is 0 Å². The molecule has 23 heavy (non-hydrogen) atoms. The van der Waals surface area contributed by atoms with E-state index in [1.165, 1.54) is 6.92 Å². The van der Waals surface area contributed by atoms with Crippen LogP contribution < -0.4 is 5.32 Å². The van der Waals surface area contributed by atoms with Crippen LogP contribution in [0.2, 0.25) is 0 Å². The van der Waals surface area contributed by atoms with Crippen LogP contribution in [-0.4, -0.2) is 15.9 Å². The number of benzene rings is 1. The van der Waals surface area contributed by atoms with Gasteiger partial charge in [-0.05, 0) is 19.1 Å². The van der Waals surface area contributed by atoms with Crippen molar-refractivity contribution in [2.45, 2.75) is 13.1 Å². The zero-order chi connectivity index (χ0) is 17.2. The lowest BCUT2D eigenvalue weighted by Crippen LogP contribution is -2.11. The van der Waals surface area contributed by atoms with Crippen LogP contribution in [0.4, 0.5) is 33.3 Å². The number of nitrogens with one attached hydrogen (secondary N) is 1. The van der Waals surface area contributed by atoms with Gasteiger partial charge >= 0.3 is 6.18 Å². The van der Waals surface area contributed by atoms with Gasteiger partial charge in [0.05, 0.1) is 23.1 Å². The summed E-state index contributed by atoms with van der Waals surface area (Å²) in [5, 5.41) is 13.5. The van der Waals surface area contributed by atoms with Crippen molar-refractivity contribution in [3.05, 3.63) is 53.4 Å². The van der Waals surface area contributed by atoms with Gasteiger partial charge in [-0.3, -0.25) is 0 Å². The molecule has 2 rings (SSSR count). The first kappa shape index (κ1) is 16.7. The highest BCUT2D eigenvalue weighted by Crippen LogP contribution is 2.37. The van der Waals surface area contributed by atoms with Crippen molar-refractivity contribution in [2.24, 2.45) is 5.16 Å². The van der Waals surface area contributed by atoms with Crippen LogP contribution in [0.1, 0.15) is 18.2 Å². The first-order valence-electron chi connectivity index (χ1n) is 6.21. The molecule has 0 unspecified atom stereocenters. The minimum absolute atomic E-state index is 0.115. The van der Waals surface area contributed by atoms with Gasteiger partial charge in [0.25, 0.3) is 0 Å². The van der Waals surface area contributed by atoms with Crippen LogP contribution in [0.3, 0.4) is 0 Å². The summed E-state index contributed by atoms with van der Waals surface area (Å²) in [6.07, 6.45) is -3.78. The number of nitrogens with zero attached hydrogens (tertiary/aromatic N) is 2. The Morgan fingerprint density at radius 2 is 1.91 bits per heavy atom. The third-order valence-corrected chi connectivity index (χ3v) is 2.92. The Morgan fingerprint density at radius 1 is 1.22 bits per heavy atom. The number of oxime groups is 1. The first-order valence-corrected chi connectivity index (χ1v) is 6.21. The molecule has 0 atom stereocenters. The van der Waals surface area contributed by atoms with Crippen LogP contribution in [-0.2, 0) is 6.18 Å². The number of anilines is 2. The standard InChI is InChI=1S/C14H10F5N3O/c1-7(22-23)12-11(16)5-8(6-20-12)21-13-9(14(17,18)19)3-2-4-10(13)15/h2-6,21,23H,1H3. The molecule has 0 aliphatic carbocycles. The topological polar surface area (TPSA) is 57.5 Å². The molecule has 0 radical (unpaired) electrons. The first-order chi connectivity index (χ1) is 10.7. The highest BCUT2D eigenvalue weighted by atomic mass is 19.4. The average Bonchev–Trinajstić information content (AvgIpc) is 2.47. The van der Waals surface area contributed by atoms with E-state index in [4.69, 9.17) is 5.21 Å². The smallest absolute Gasteiger partial charge is 0.411 e. The maximum absolute atomic E-state index is 13.8. The van der Waals surface area contributed by atoms with E-state index in [0.29, 0.717) is 6.07 Å². The minimum Gasteiger partial charge on any atom is -0.411 e. The number of pyridine rings is 1. The second-order valence-corrected chi connectivity index (χ2v) is 4.52. The largest absolute Gasteiger partial charge is 0.418 e. The lowest BCUT2D eigenvalue weighted by molar-refractivity contribution is -0.137. The second-order valence-electron chi connectivity index (χ2n) is 4.52. The summed E-state index contributed by atoms with van der Waals surface area (Å²) in [5.74, 6) is -2.08. The molecule has 4 nitrogen and oxygen atoms in total. The summed E-state index contributed by atoms with van der Waals surface area (Å²) in [6.45, 7) is 1.29. The maximum atomic E-state index is 13.8. The van der Waals surface area contributed by atoms with Crippen molar-refractivity contribution >= 4 is 17.1 Å². The summed E-state index contributed by atoms with van der Waals surface area (Å²) in [5.41, 5.74) is -2.64. The lowest BCUT2D eigenvalue weighted by Gasteiger charge is -2.15. The predicted octanol–water partition coefficient (Wildman–Crippen LogP) is 4.32. The van der Waals surface area contributed by atoms with Crippen molar-refractivity contribution in [3.8, 4) is 0 Å². The molecule has 0 aliphatic heterocycles. The molecule has 0 saturated carbocycles. The molecule has 1 aromatic heterocycles. The van der Waals surface area contributed by atoms with Crippen LogP contribution >= 0.6 is 0 Å². The summed E-state index contributed by atoms with van der Waals surface area (Å²) in [7, 11) is 0. The number of alkyl halides is 3. The zero-order valence-electron chi connectivity index (χ0n) is 11.6. The van der Waals surface area contributed by atoms with Gasteiger partial charge in [-0.1, -0.05) is 11.2 Å². The van der Waals surface area contributed by atoms with Gasteiger partial charge in [0.15, 0.2) is 5.82 Å². The number of hydrogen-bond acceptors (Lipinski definition) is 4. The summed E-state index contributed by atoms with van der Waals surface area (Å²) in [6, 6.07) is 3.29. The van der Waals surface area contributed by atoms with Gasteiger partial charge < -0.3 is 10.5 Å². The fraction of sp³-hybridized carbons (Fsp3) is 0.143. The van der Waals surface area contributed by atoms with Crippen LogP contribution in [0.15, 0.2) is 35.6 Å². The number of hydrogen-bond donors (Lipinski definition) is 2. The molecular weight excluding hydrogens is 321 g/mol. The molecule has 0 fully saturated rings. The predicted molar refractivity (Wildman–Crippen MR) is 72.9 cm³/mol. The molecule has 0 saturated heterocycles. The lowest BCUT2D eigenvalue weighted by atomic mass is 10.1. The highest BCUT2D eigenvalue weighted by molar-refractivity contribution is 5.96. The molecule has 0 amide bonds. The molecule has 2 aromatic rings. The van der Waals surface area contributed by atoms with Gasteiger partial charge in [-0.2, -0.15) is 13.2 Å². The highest BCUT2D eigenvalue weighted by Gasteiger charge is 2.34. The Morgan fingerprint density at radius 3 is 2.48 bits per heavy atom. The summed E-state index contributed by atoms with van der Waals surface area (Å²) >= 11 is 0. The Balaban J connectivity index is 2.43. The Labute approximate surface area is 127 Å². The van der Waals surface area contributed by atoms with E-state index in [0.717, 1.165) is 24.4 Å². The van der Waals surface area contributed by atoms with E-state index < -0.39 is 29.1 Å². The molecule has 1 aromatic carbocycles. The Bertz CT molecular complexity index is 759. The number of rotatable bonds is 3. The van der Waals surface area contributed by atoms with Gasteiger partial charge in [-0.15, -0.1) is 0 Å². The SMILES string of the molecule is CC(=NO)c1ncc(Nc2c(F)cccc2C(F)(F)F)cc1F. The summed E-state index contributed by atoms with van der Waals surface area (Å²) < 4.78 is 66.2. The molecule has 0 spiro atoms. The van der Waals surface area contributed by atoms with E-state index in [2.05, 4.69) is 15.5 Å². The monoisotopic (exact) mass is 331 g/mol. The third-order valence-electron chi connectivity index (χ3n) is 2.92. The van der Waals surface area contributed by atoms with Crippen LogP contribution in [0.25, 0.3) is 0 Å². The average molecular weight is 331 g/mol. The summed E-state index contributed by atoms with van der Waals surface area (Å²) in [4.78, 5) is 3.63. The Hall–Kier alpha value is -2.71. The quantitative estimate of drug-likeness (QED) is 0.381. The maximum Gasteiger partial charge on any atom is 0.418 e. The van der Waals surface area contributed by atoms with Crippen molar-refractivity contribution in [1.82, 2.24) is 4.98 Å². The number of halogens is 5. The van der Waals surface area contributed by atoms with Crippen molar-refractivity contribution < 1.29 is 27.2 Å². The molecule has 0 aliphatic rings. The van der Waals surface area contributed by atoms with Gasteiger partial charge in [0, 0.05) is 6.07 Å². The zero-order valence-corrected chi connectivity index (χ0v) is 11.6. The molecule has 1 heterocycles. The van der Waals surface area contributed by atoms with Crippen molar-refractivity contribution in [1.29, 1.82) is 0 Å². The van der Waals surface area contributed by atoms with E-state index in [1.54, 1.807) is 0 Å². The normalized spacial score (nSPS) is 12.3. The van der Waals surface area contributed by atoms with Crippen molar-refractivity contribution in [3.63, 3.8) is 0 Å². The molecular formula is C14H10F5N3O. The van der Waals surface area contributed by atoms with E-state index in [-0.39, 0.29) is 17.1 Å². The number of para-hydroxylation sites is 1. The fourth-order valence-electron chi connectivity index (χ4n) is 1.85. The van der Waals surface area contributed by atoms with Crippen molar-refractivity contribution in [2.75, 3.05) is 5.32 Å². The van der Waals surface area contributed by atoms with Gasteiger partial charge in [0.2, 0.25) is 0 Å². The third kappa shape index (κ3) is 3.55. The van der Waals surface area contributed by atoms with Gasteiger partial charge in [-0.25, -0.2) is 13.8 Å². The Kier molecular flexibility index (Phi) is 4.48. The molecule has 9 heteroatoms. The van der Waals surface area contributed by atoms with Crippen LogP contribution in [0, 0.1) is 11.6 Å². The van der Waals surface area contributed by atoms with E-state index in [9.17, 15) is 22.0 Å². The second kappa shape index (κ2) is 6.19. The molecule has 0 bridgehead atoms. The van der Waals surface area contributed by atoms with E-state index >= 15 is 0 Å². The van der Waals surface area contributed by atoms with Gasteiger partial charge in [0.1, 0.15) is 17.2 Å². The molecule has 2 N–H and O–H groups in total.